The molecule has 0 bridgehead atoms. The highest BCUT2D eigenvalue weighted by molar-refractivity contribution is 5.79. The van der Waals surface area contributed by atoms with Crippen LogP contribution in [0.4, 0.5) is 4.39 Å². The van der Waals surface area contributed by atoms with E-state index in [9.17, 15) is 4.39 Å². The lowest BCUT2D eigenvalue weighted by atomic mass is 10.2. The molecule has 0 spiro atoms. The first-order valence-corrected chi connectivity index (χ1v) is 5.22. The molecular weight excluding hydrogens is 193 g/mol. The Labute approximate surface area is 88.7 Å². The molecule has 0 unspecified atom stereocenters. The summed E-state index contributed by atoms with van der Waals surface area (Å²) in [5.74, 6) is -0.323. The molecule has 2 nitrogen and oxygen atoms in total. The van der Waals surface area contributed by atoms with Gasteiger partial charge < -0.3 is 4.84 Å². The second kappa shape index (κ2) is 4.91. The van der Waals surface area contributed by atoms with E-state index in [0.717, 1.165) is 12.8 Å². The van der Waals surface area contributed by atoms with Gasteiger partial charge in [-0.3, -0.25) is 0 Å². The monoisotopic (exact) mass is 206 g/mol. The Hall–Kier alpha value is -1.38. The molecule has 1 aliphatic rings. The molecule has 0 amide bonds. The Morgan fingerprint density at radius 2 is 2.00 bits per heavy atom. The van der Waals surface area contributed by atoms with Crippen molar-refractivity contribution in [2.24, 2.45) is 5.16 Å². The smallest absolute Gasteiger partial charge is 0.142 e. The standard InChI is InChI=1S/C12H13FNO/c13-12-8-4-1-5-10(12)9-14-15-11-6-2-3-7-11/h1,4-5,8,11H,2-3,6-7H2. The van der Waals surface area contributed by atoms with Gasteiger partial charge in [0.25, 0.3) is 0 Å². The van der Waals surface area contributed by atoms with Gasteiger partial charge in [-0.05, 0) is 37.8 Å². The Morgan fingerprint density at radius 1 is 1.27 bits per heavy atom. The van der Waals surface area contributed by atoms with Crippen LogP contribution < -0.4 is 0 Å². The van der Waals surface area contributed by atoms with E-state index in [1.54, 1.807) is 18.2 Å². The third kappa shape index (κ3) is 2.78. The Bertz CT molecular complexity index is 345. The minimum atomic E-state index is -0.323. The van der Waals surface area contributed by atoms with Gasteiger partial charge in [0.15, 0.2) is 0 Å². The fourth-order valence-electron chi connectivity index (χ4n) is 1.70. The third-order valence-electron chi connectivity index (χ3n) is 2.54. The van der Waals surface area contributed by atoms with E-state index in [1.165, 1.54) is 18.9 Å². The molecule has 1 aromatic rings. The SMILES string of the molecule is Fc1ccccc1/[C]=N/OC1CCCC1. The van der Waals surface area contributed by atoms with Crippen molar-refractivity contribution < 1.29 is 9.23 Å². The van der Waals surface area contributed by atoms with Crippen LogP contribution in [0.25, 0.3) is 0 Å². The zero-order valence-corrected chi connectivity index (χ0v) is 8.45. The van der Waals surface area contributed by atoms with Crippen molar-refractivity contribution in [2.45, 2.75) is 31.8 Å². The fraction of sp³-hybridized carbons (Fsp3) is 0.417. The molecule has 0 atom stereocenters. The third-order valence-corrected chi connectivity index (χ3v) is 2.54. The van der Waals surface area contributed by atoms with Crippen LogP contribution in [0.2, 0.25) is 0 Å². The summed E-state index contributed by atoms with van der Waals surface area (Å²) >= 11 is 0. The average Bonchev–Trinajstić information content (AvgIpc) is 2.74. The first-order valence-electron chi connectivity index (χ1n) is 5.22. The van der Waals surface area contributed by atoms with Crippen molar-refractivity contribution >= 4 is 6.21 Å². The molecule has 1 aromatic carbocycles. The summed E-state index contributed by atoms with van der Waals surface area (Å²) in [6.45, 7) is 0. The quantitative estimate of drug-likeness (QED) is 0.550. The minimum Gasteiger partial charge on any atom is -0.392 e. The molecule has 0 aromatic heterocycles. The van der Waals surface area contributed by atoms with Crippen molar-refractivity contribution in [2.75, 3.05) is 0 Å². The number of hydrogen-bond donors (Lipinski definition) is 0. The summed E-state index contributed by atoms with van der Waals surface area (Å²) in [6, 6.07) is 6.39. The summed E-state index contributed by atoms with van der Waals surface area (Å²) in [6.07, 6.45) is 7.24. The molecule has 0 aliphatic heterocycles. The van der Waals surface area contributed by atoms with Crippen LogP contribution in [-0.2, 0) is 4.84 Å². The molecular formula is C12H13FNO. The van der Waals surface area contributed by atoms with E-state index in [4.69, 9.17) is 4.84 Å². The highest BCUT2D eigenvalue weighted by atomic mass is 19.1. The molecule has 1 fully saturated rings. The molecule has 3 heteroatoms. The maximum absolute atomic E-state index is 13.1. The van der Waals surface area contributed by atoms with Crippen LogP contribution in [0.5, 0.6) is 0 Å². The lowest BCUT2D eigenvalue weighted by molar-refractivity contribution is 0.0657. The predicted molar refractivity (Wildman–Crippen MR) is 56.3 cm³/mol. The summed E-state index contributed by atoms with van der Waals surface area (Å²) in [7, 11) is 0. The van der Waals surface area contributed by atoms with Gasteiger partial charge in [0.1, 0.15) is 18.1 Å². The van der Waals surface area contributed by atoms with Crippen LogP contribution in [0.3, 0.4) is 0 Å². The van der Waals surface area contributed by atoms with E-state index >= 15 is 0 Å². The highest BCUT2D eigenvalue weighted by Gasteiger charge is 2.15. The van der Waals surface area contributed by atoms with E-state index in [2.05, 4.69) is 11.4 Å². The van der Waals surface area contributed by atoms with Crippen LogP contribution in [0.15, 0.2) is 29.4 Å². The molecule has 0 heterocycles. The zero-order chi connectivity index (χ0) is 10.5. The maximum atomic E-state index is 13.1. The number of nitrogens with zero attached hydrogens (tertiary/aromatic N) is 1. The minimum absolute atomic E-state index is 0.198. The van der Waals surface area contributed by atoms with Gasteiger partial charge in [0.2, 0.25) is 0 Å². The van der Waals surface area contributed by atoms with Gasteiger partial charge in [-0.25, -0.2) is 4.39 Å². The van der Waals surface area contributed by atoms with Gasteiger partial charge in [0, 0.05) is 5.56 Å². The summed E-state index contributed by atoms with van der Waals surface area (Å²) in [5.41, 5.74) is 0.343. The first kappa shape index (κ1) is 10.1. The summed E-state index contributed by atoms with van der Waals surface area (Å²) in [5, 5.41) is 3.69. The number of halogens is 1. The number of rotatable bonds is 3. The van der Waals surface area contributed by atoms with Gasteiger partial charge in [-0.1, -0.05) is 17.3 Å². The molecule has 79 valence electrons. The van der Waals surface area contributed by atoms with Crippen molar-refractivity contribution in [3.8, 4) is 0 Å². The molecule has 15 heavy (non-hydrogen) atoms. The van der Waals surface area contributed by atoms with Crippen LogP contribution >= 0.6 is 0 Å². The Balaban J connectivity index is 1.90. The van der Waals surface area contributed by atoms with Crippen molar-refractivity contribution in [1.29, 1.82) is 0 Å². The predicted octanol–water partition coefficient (Wildman–Crippen LogP) is 3.00. The van der Waals surface area contributed by atoms with Crippen molar-refractivity contribution in [3.63, 3.8) is 0 Å². The van der Waals surface area contributed by atoms with E-state index in [-0.39, 0.29) is 11.9 Å². The second-order valence-electron chi connectivity index (χ2n) is 3.69. The lowest BCUT2D eigenvalue weighted by Gasteiger charge is -2.04. The molecule has 1 aliphatic carbocycles. The van der Waals surface area contributed by atoms with Crippen molar-refractivity contribution in [3.05, 3.63) is 35.6 Å². The van der Waals surface area contributed by atoms with E-state index in [0.29, 0.717) is 5.56 Å². The van der Waals surface area contributed by atoms with Crippen LogP contribution in [-0.4, -0.2) is 12.3 Å². The van der Waals surface area contributed by atoms with Gasteiger partial charge in [0.05, 0.1) is 0 Å². The largest absolute Gasteiger partial charge is 0.392 e. The lowest BCUT2D eigenvalue weighted by Crippen LogP contribution is -2.02. The average molecular weight is 206 g/mol. The number of hydrogen-bond acceptors (Lipinski definition) is 2. The summed E-state index contributed by atoms with van der Waals surface area (Å²) in [4.78, 5) is 5.21. The number of benzene rings is 1. The Morgan fingerprint density at radius 3 is 2.73 bits per heavy atom. The van der Waals surface area contributed by atoms with Crippen molar-refractivity contribution in [1.82, 2.24) is 0 Å². The zero-order valence-electron chi connectivity index (χ0n) is 8.45. The normalized spacial score (nSPS) is 17.4. The van der Waals surface area contributed by atoms with Crippen LogP contribution in [0.1, 0.15) is 31.2 Å². The fourth-order valence-corrected chi connectivity index (χ4v) is 1.70. The molecule has 1 saturated carbocycles. The summed E-state index contributed by atoms with van der Waals surface area (Å²) < 4.78 is 13.1. The molecule has 2 rings (SSSR count). The van der Waals surface area contributed by atoms with Gasteiger partial charge in [-0.2, -0.15) is 0 Å². The van der Waals surface area contributed by atoms with Gasteiger partial charge in [-0.15, -0.1) is 0 Å². The molecule has 1 radical (unpaired) electrons. The topological polar surface area (TPSA) is 21.6 Å². The van der Waals surface area contributed by atoms with E-state index in [1.807, 2.05) is 0 Å². The maximum Gasteiger partial charge on any atom is 0.142 e. The van der Waals surface area contributed by atoms with Crippen LogP contribution in [0, 0.1) is 5.82 Å². The second-order valence-corrected chi connectivity index (χ2v) is 3.69. The first-order chi connectivity index (χ1) is 7.36. The molecule has 0 saturated heterocycles. The molecule has 0 N–H and O–H groups in total. The van der Waals surface area contributed by atoms with Gasteiger partial charge >= 0.3 is 0 Å². The highest BCUT2D eigenvalue weighted by Crippen LogP contribution is 2.20. The Kier molecular flexibility index (Phi) is 3.33. The van der Waals surface area contributed by atoms with E-state index < -0.39 is 0 Å².